The van der Waals surface area contributed by atoms with Gasteiger partial charge < -0.3 is 0 Å². The van der Waals surface area contributed by atoms with Crippen molar-refractivity contribution < 1.29 is 0 Å². The summed E-state index contributed by atoms with van der Waals surface area (Å²) in [6.07, 6.45) is 1.94. The van der Waals surface area contributed by atoms with Gasteiger partial charge in [-0.1, -0.05) is 20.8 Å². The summed E-state index contributed by atoms with van der Waals surface area (Å²) in [4.78, 5) is 0. The minimum absolute atomic E-state index is 0.875. The van der Waals surface area contributed by atoms with Crippen LogP contribution in [0.4, 0.5) is 0 Å². The molecular weight excluding hydrogens is 84.1 g/mol. The highest BCUT2D eigenvalue weighted by atomic mass is 13.8. The fourth-order valence-electron chi connectivity index (χ4n) is 0.455. The Kier molecular flexibility index (Phi) is 2.42. The van der Waals surface area contributed by atoms with Crippen LogP contribution in [0.5, 0.6) is 0 Å². The summed E-state index contributed by atoms with van der Waals surface area (Å²) < 4.78 is 0. The zero-order chi connectivity index (χ0) is 5.86. The topological polar surface area (TPSA) is 0 Å². The number of rotatable bonds is 1. The lowest BCUT2D eigenvalue weighted by Crippen LogP contribution is -1.64. The van der Waals surface area contributed by atoms with Gasteiger partial charge in [0.15, 0.2) is 0 Å². The van der Waals surface area contributed by atoms with Crippen molar-refractivity contribution >= 4 is 0 Å². The maximum absolute atomic E-state index is 5.33. The highest BCUT2D eigenvalue weighted by Crippen LogP contribution is 1.94. The van der Waals surface area contributed by atoms with Gasteiger partial charge in [0.05, 0.1) is 0 Å². The van der Waals surface area contributed by atoms with Gasteiger partial charge in [-0.3, -0.25) is 6.58 Å². The second kappa shape index (κ2) is 2.62. The Balaban J connectivity index is 3.68. The minimum Gasteiger partial charge on any atom is -0.290 e. The smallest absolute Gasteiger partial charge is 0.0606 e. The first-order valence-corrected chi connectivity index (χ1v) is 2.37. The molecule has 0 aliphatic heterocycles. The average Bonchev–Trinajstić information content (AvgIpc) is 1.27. The van der Waals surface area contributed by atoms with Gasteiger partial charge in [-0.2, -0.15) is 5.57 Å². The van der Waals surface area contributed by atoms with E-state index in [0.717, 1.165) is 5.57 Å². The predicted molar refractivity (Wildman–Crippen MR) is 32.9 cm³/mol. The standard InChI is InChI=1S/C7H11/c1-6(2)5-7(3)4/h1,5H,2-4H3/q-1. The lowest BCUT2D eigenvalue weighted by molar-refractivity contribution is 1.35. The molecule has 0 aromatic rings. The Hall–Kier alpha value is -0.520. The van der Waals surface area contributed by atoms with Crippen molar-refractivity contribution in [3.05, 3.63) is 23.8 Å². The Morgan fingerprint density at radius 3 is 1.71 bits per heavy atom. The summed E-state index contributed by atoms with van der Waals surface area (Å²) in [5.74, 6) is 0. The summed E-state index contributed by atoms with van der Waals surface area (Å²) in [6, 6.07) is 0. The quantitative estimate of drug-likeness (QED) is 0.346. The van der Waals surface area contributed by atoms with Crippen LogP contribution in [0, 0.1) is 6.58 Å². The molecule has 0 N–H and O–H groups in total. The number of hydrogen-bond acceptors (Lipinski definition) is 0. The second-order valence-electron chi connectivity index (χ2n) is 1.97. The van der Waals surface area contributed by atoms with Crippen molar-refractivity contribution in [2.45, 2.75) is 20.8 Å². The molecule has 0 heterocycles. The SMILES string of the molecule is [CH-]=C(C)C=C(C)C. The minimum atomic E-state index is 0.875. The maximum atomic E-state index is 5.33. The van der Waals surface area contributed by atoms with Gasteiger partial charge in [-0.25, -0.2) is 11.6 Å². The fraction of sp³-hybridized carbons (Fsp3) is 0.429. The first-order valence-electron chi connectivity index (χ1n) is 2.37. The monoisotopic (exact) mass is 95.1 g/mol. The first kappa shape index (κ1) is 6.48. The summed E-state index contributed by atoms with van der Waals surface area (Å²) in [6.45, 7) is 11.3. The molecule has 0 rings (SSSR count). The molecule has 40 valence electrons. The molecule has 0 saturated carbocycles. The van der Waals surface area contributed by atoms with E-state index in [9.17, 15) is 0 Å². The molecule has 0 nitrogen and oxygen atoms in total. The van der Waals surface area contributed by atoms with Crippen molar-refractivity contribution in [2.24, 2.45) is 0 Å². The Morgan fingerprint density at radius 1 is 1.29 bits per heavy atom. The van der Waals surface area contributed by atoms with Crippen molar-refractivity contribution in [3.8, 4) is 0 Å². The van der Waals surface area contributed by atoms with Gasteiger partial charge in [0.25, 0.3) is 0 Å². The highest BCUT2D eigenvalue weighted by molar-refractivity contribution is 5.13. The van der Waals surface area contributed by atoms with E-state index in [1.54, 1.807) is 0 Å². The van der Waals surface area contributed by atoms with Crippen molar-refractivity contribution in [2.75, 3.05) is 0 Å². The van der Waals surface area contributed by atoms with Gasteiger partial charge >= 0.3 is 0 Å². The van der Waals surface area contributed by atoms with Crippen molar-refractivity contribution in [3.63, 3.8) is 0 Å². The molecule has 0 aliphatic carbocycles. The van der Waals surface area contributed by atoms with Crippen LogP contribution in [-0.4, -0.2) is 0 Å². The van der Waals surface area contributed by atoms with E-state index in [1.807, 2.05) is 26.8 Å². The summed E-state index contributed by atoms with van der Waals surface area (Å²) >= 11 is 0. The Morgan fingerprint density at radius 2 is 1.71 bits per heavy atom. The van der Waals surface area contributed by atoms with E-state index >= 15 is 0 Å². The molecule has 0 aromatic heterocycles. The lowest BCUT2D eigenvalue weighted by Gasteiger charge is -1.97. The van der Waals surface area contributed by atoms with Crippen molar-refractivity contribution in [1.82, 2.24) is 0 Å². The van der Waals surface area contributed by atoms with Crippen LogP contribution in [-0.2, 0) is 0 Å². The molecule has 0 aromatic carbocycles. The van der Waals surface area contributed by atoms with Gasteiger partial charge in [0.1, 0.15) is 0 Å². The second-order valence-corrected chi connectivity index (χ2v) is 1.97. The van der Waals surface area contributed by atoms with Crippen LogP contribution in [0.25, 0.3) is 0 Å². The molecule has 0 spiro atoms. The molecular formula is C7H11-. The third kappa shape index (κ3) is 5.48. The number of hydrogen-bond donors (Lipinski definition) is 0. The van der Waals surface area contributed by atoms with Crippen LogP contribution in [0.3, 0.4) is 0 Å². The molecule has 0 saturated heterocycles. The van der Waals surface area contributed by atoms with Crippen LogP contribution < -0.4 is 0 Å². The molecule has 0 bridgehead atoms. The molecule has 0 fully saturated rings. The van der Waals surface area contributed by atoms with Crippen molar-refractivity contribution in [1.29, 1.82) is 0 Å². The van der Waals surface area contributed by atoms with Gasteiger partial charge in [0.2, 0.25) is 0 Å². The third-order valence-corrected chi connectivity index (χ3v) is 0.516. The van der Waals surface area contributed by atoms with Crippen LogP contribution in [0.1, 0.15) is 20.8 Å². The fourth-order valence-corrected chi connectivity index (χ4v) is 0.455. The first-order chi connectivity index (χ1) is 3.13. The lowest BCUT2D eigenvalue weighted by atomic mass is 10.2. The molecule has 7 heavy (non-hydrogen) atoms. The summed E-state index contributed by atoms with van der Waals surface area (Å²) in [5, 5.41) is 0. The van der Waals surface area contributed by atoms with E-state index in [1.165, 1.54) is 5.57 Å². The van der Waals surface area contributed by atoms with E-state index in [-0.39, 0.29) is 0 Å². The Labute approximate surface area is 45.5 Å². The van der Waals surface area contributed by atoms with Gasteiger partial charge in [0, 0.05) is 0 Å². The maximum Gasteiger partial charge on any atom is -0.0606 e. The van der Waals surface area contributed by atoms with E-state index < -0.39 is 0 Å². The third-order valence-electron chi connectivity index (χ3n) is 0.516. The van der Waals surface area contributed by atoms with Crippen LogP contribution >= 0.6 is 0 Å². The Bertz CT molecular complexity index is 92.6. The van der Waals surface area contributed by atoms with E-state index in [2.05, 4.69) is 0 Å². The normalized spacial score (nSPS) is 7.86. The predicted octanol–water partition coefficient (Wildman–Crippen LogP) is 2.33. The summed E-state index contributed by atoms with van der Waals surface area (Å²) in [5.41, 5.74) is 2.13. The highest BCUT2D eigenvalue weighted by Gasteiger charge is 1.63. The molecule has 0 radical (unpaired) electrons. The largest absolute Gasteiger partial charge is 0.290 e. The van der Waals surface area contributed by atoms with E-state index in [4.69, 9.17) is 6.58 Å². The number of allylic oxidation sites excluding steroid dienone is 3. The molecule has 0 unspecified atom stereocenters. The van der Waals surface area contributed by atoms with Gasteiger partial charge in [-0.15, -0.1) is 0 Å². The molecule has 0 heteroatoms. The zero-order valence-electron chi connectivity index (χ0n) is 5.15. The molecule has 0 atom stereocenters. The zero-order valence-corrected chi connectivity index (χ0v) is 5.15. The summed E-state index contributed by atoms with van der Waals surface area (Å²) in [7, 11) is 0. The molecule has 0 amide bonds. The van der Waals surface area contributed by atoms with E-state index in [0.29, 0.717) is 0 Å². The van der Waals surface area contributed by atoms with Crippen LogP contribution in [0.15, 0.2) is 17.2 Å². The van der Waals surface area contributed by atoms with Gasteiger partial charge in [-0.05, 0) is 0 Å². The molecule has 0 aliphatic rings. The average molecular weight is 95.2 g/mol. The van der Waals surface area contributed by atoms with Crippen LogP contribution in [0.2, 0.25) is 0 Å².